The van der Waals surface area contributed by atoms with Crippen LogP contribution >= 0.6 is 0 Å². The SMILES string of the molecule is CCCCCCCCC/C=C/C/C=C/CCCCCC(=O)O. The lowest BCUT2D eigenvalue weighted by atomic mass is 10.1. The van der Waals surface area contributed by atoms with Crippen LogP contribution in [0.1, 0.15) is 96.8 Å². The first kappa shape index (κ1) is 20.9. The zero-order valence-corrected chi connectivity index (χ0v) is 14.6. The minimum atomic E-state index is -0.679. The van der Waals surface area contributed by atoms with Gasteiger partial charge in [-0.15, -0.1) is 0 Å². The third kappa shape index (κ3) is 18.9. The number of allylic oxidation sites excluding steroid dienone is 4. The standard InChI is InChI=1S/C20H36O2/c1-2-3-4-5-6-7-8-9-10-11-12-13-14-15-16-17-18-19-20(21)22/h10-11,13-14H,2-9,12,15-19H2,1H3,(H,21,22)/b11-10+,14-13+. The van der Waals surface area contributed by atoms with E-state index >= 15 is 0 Å². The molecular weight excluding hydrogens is 272 g/mol. The summed E-state index contributed by atoms with van der Waals surface area (Å²) >= 11 is 0. The average molecular weight is 309 g/mol. The summed E-state index contributed by atoms with van der Waals surface area (Å²) in [4.78, 5) is 10.3. The lowest BCUT2D eigenvalue weighted by Gasteiger charge is -1.98. The van der Waals surface area contributed by atoms with Gasteiger partial charge in [0.2, 0.25) is 0 Å². The van der Waals surface area contributed by atoms with Crippen LogP contribution in [-0.4, -0.2) is 11.1 Å². The maximum atomic E-state index is 10.3. The van der Waals surface area contributed by atoms with Gasteiger partial charge in [-0.25, -0.2) is 0 Å². The van der Waals surface area contributed by atoms with Gasteiger partial charge in [0.05, 0.1) is 0 Å². The predicted octanol–water partition coefficient (Wildman–Crippen LogP) is 6.66. The van der Waals surface area contributed by atoms with E-state index < -0.39 is 5.97 Å². The van der Waals surface area contributed by atoms with E-state index in [9.17, 15) is 4.79 Å². The van der Waals surface area contributed by atoms with Crippen molar-refractivity contribution in [3.63, 3.8) is 0 Å². The second-order valence-electron chi connectivity index (χ2n) is 6.08. The molecule has 0 aromatic carbocycles. The zero-order chi connectivity index (χ0) is 16.3. The van der Waals surface area contributed by atoms with Gasteiger partial charge in [0.25, 0.3) is 0 Å². The highest BCUT2D eigenvalue weighted by Crippen LogP contribution is 2.09. The molecule has 0 aromatic heterocycles. The zero-order valence-electron chi connectivity index (χ0n) is 14.6. The fraction of sp³-hybridized carbons (Fsp3) is 0.750. The Morgan fingerprint density at radius 1 is 0.727 bits per heavy atom. The molecule has 0 aliphatic rings. The Morgan fingerprint density at radius 2 is 1.23 bits per heavy atom. The molecule has 128 valence electrons. The van der Waals surface area contributed by atoms with Crippen LogP contribution in [-0.2, 0) is 4.79 Å². The van der Waals surface area contributed by atoms with Gasteiger partial charge < -0.3 is 5.11 Å². The van der Waals surface area contributed by atoms with E-state index in [-0.39, 0.29) is 0 Å². The van der Waals surface area contributed by atoms with Crippen molar-refractivity contribution in [2.24, 2.45) is 0 Å². The number of hydrogen-bond donors (Lipinski definition) is 1. The number of hydrogen-bond acceptors (Lipinski definition) is 1. The van der Waals surface area contributed by atoms with Crippen LogP contribution < -0.4 is 0 Å². The van der Waals surface area contributed by atoms with E-state index in [2.05, 4.69) is 31.2 Å². The molecule has 2 heteroatoms. The molecule has 0 rings (SSSR count). The van der Waals surface area contributed by atoms with Gasteiger partial charge >= 0.3 is 5.97 Å². The molecule has 0 spiro atoms. The molecule has 0 bridgehead atoms. The van der Waals surface area contributed by atoms with Crippen LogP contribution in [0, 0.1) is 0 Å². The average Bonchev–Trinajstić information content (AvgIpc) is 2.50. The second-order valence-corrected chi connectivity index (χ2v) is 6.08. The van der Waals surface area contributed by atoms with Crippen LogP contribution in [0.5, 0.6) is 0 Å². The van der Waals surface area contributed by atoms with Crippen molar-refractivity contribution >= 4 is 5.97 Å². The van der Waals surface area contributed by atoms with Crippen molar-refractivity contribution in [2.75, 3.05) is 0 Å². The third-order valence-electron chi connectivity index (χ3n) is 3.84. The molecule has 1 N–H and O–H groups in total. The van der Waals surface area contributed by atoms with E-state index in [1.165, 1.54) is 51.4 Å². The van der Waals surface area contributed by atoms with Gasteiger partial charge in [-0.3, -0.25) is 4.79 Å². The minimum Gasteiger partial charge on any atom is -0.481 e. The van der Waals surface area contributed by atoms with E-state index in [0.717, 1.165) is 32.1 Å². The monoisotopic (exact) mass is 308 g/mol. The fourth-order valence-corrected chi connectivity index (χ4v) is 2.44. The largest absolute Gasteiger partial charge is 0.481 e. The maximum absolute atomic E-state index is 10.3. The molecule has 0 aromatic rings. The van der Waals surface area contributed by atoms with E-state index in [1.807, 2.05) is 0 Å². The first-order valence-corrected chi connectivity index (χ1v) is 9.29. The Balaban J connectivity index is 3.19. The molecule has 22 heavy (non-hydrogen) atoms. The molecule has 0 heterocycles. The molecule has 0 saturated heterocycles. The summed E-state index contributed by atoms with van der Waals surface area (Å²) in [6.07, 6.45) is 25.2. The van der Waals surface area contributed by atoms with E-state index in [4.69, 9.17) is 5.11 Å². The van der Waals surface area contributed by atoms with E-state index in [0.29, 0.717) is 6.42 Å². The lowest BCUT2D eigenvalue weighted by molar-refractivity contribution is -0.137. The van der Waals surface area contributed by atoms with Gasteiger partial charge in [-0.2, -0.15) is 0 Å². The number of aliphatic carboxylic acids is 1. The smallest absolute Gasteiger partial charge is 0.303 e. The number of carbonyl (C=O) groups is 1. The van der Waals surface area contributed by atoms with Crippen molar-refractivity contribution in [1.29, 1.82) is 0 Å². The highest BCUT2D eigenvalue weighted by atomic mass is 16.4. The molecule has 0 fully saturated rings. The second kappa shape index (κ2) is 18.0. The van der Waals surface area contributed by atoms with Gasteiger partial charge in [0.15, 0.2) is 0 Å². The number of carboxylic acids is 1. The van der Waals surface area contributed by atoms with Gasteiger partial charge in [0.1, 0.15) is 0 Å². The molecule has 0 radical (unpaired) electrons. The van der Waals surface area contributed by atoms with Crippen molar-refractivity contribution in [3.05, 3.63) is 24.3 Å². The molecule has 0 aliphatic carbocycles. The normalized spacial score (nSPS) is 11.7. The van der Waals surface area contributed by atoms with Gasteiger partial charge in [-0.05, 0) is 38.5 Å². The number of unbranched alkanes of at least 4 members (excludes halogenated alkanes) is 10. The van der Waals surface area contributed by atoms with Crippen molar-refractivity contribution < 1.29 is 9.90 Å². The molecule has 0 aliphatic heterocycles. The summed E-state index contributed by atoms with van der Waals surface area (Å²) in [7, 11) is 0. The quantitative estimate of drug-likeness (QED) is 0.255. The Labute approximate surface area is 137 Å². The molecule has 0 amide bonds. The van der Waals surface area contributed by atoms with Crippen LogP contribution in [0.4, 0.5) is 0 Å². The van der Waals surface area contributed by atoms with Crippen molar-refractivity contribution in [1.82, 2.24) is 0 Å². The third-order valence-corrected chi connectivity index (χ3v) is 3.84. The Kier molecular flexibility index (Phi) is 17.1. The summed E-state index contributed by atoms with van der Waals surface area (Å²) in [5.41, 5.74) is 0. The van der Waals surface area contributed by atoms with Crippen LogP contribution in [0.2, 0.25) is 0 Å². The lowest BCUT2D eigenvalue weighted by Crippen LogP contribution is -1.93. The van der Waals surface area contributed by atoms with Crippen LogP contribution in [0.3, 0.4) is 0 Å². The van der Waals surface area contributed by atoms with E-state index in [1.54, 1.807) is 0 Å². The van der Waals surface area contributed by atoms with Crippen molar-refractivity contribution in [2.45, 2.75) is 96.8 Å². The summed E-state index contributed by atoms with van der Waals surface area (Å²) in [6, 6.07) is 0. The molecule has 0 atom stereocenters. The van der Waals surface area contributed by atoms with Crippen molar-refractivity contribution in [3.8, 4) is 0 Å². The number of carboxylic acid groups (broad SMARTS) is 1. The maximum Gasteiger partial charge on any atom is 0.303 e. The summed E-state index contributed by atoms with van der Waals surface area (Å²) < 4.78 is 0. The summed E-state index contributed by atoms with van der Waals surface area (Å²) in [5, 5.41) is 8.52. The summed E-state index contributed by atoms with van der Waals surface area (Å²) in [6.45, 7) is 2.26. The minimum absolute atomic E-state index is 0.311. The predicted molar refractivity (Wildman–Crippen MR) is 96.2 cm³/mol. The molecular formula is C20H36O2. The van der Waals surface area contributed by atoms with Gasteiger partial charge in [0, 0.05) is 6.42 Å². The highest BCUT2D eigenvalue weighted by Gasteiger charge is 1.94. The Bertz CT molecular complexity index is 292. The first-order valence-electron chi connectivity index (χ1n) is 9.29. The number of rotatable bonds is 16. The molecule has 0 unspecified atom stereocenters. The molecule has 2 nitrogen and oxygen atoms in total. The first-order chi connectivity index (χ1) is 10.8. The van der Waals surface area contributed by atoms with Gasteiger partial charge in [-0.1, -0.05) is 76.2 Å². The summed E-state index contributed by atoms with van der Waals surface area (Å²) in [5.74, 6) is -0.679. The van der Waals surface area contributed by atoms with Crippen LogP contribution in [0.15, 0.2) is 24.3 Å². The van der Waals surface area contributed by atoms with Crippen LogP contribution in [0.25, 0.3) is 0 Å². The highest BCUT2D eigenvalue weighted by molar-refractivity contribution is 5.66. The Morgan fingerprint density at radius 3 is 1.77 bits per heavy atom. The molecule has 0 saturated carbocycles. The topological polar surface area (TPSA) is 37.3 Å². The fourth-order valence-electron chi connectivity index (χ4n) is 2.44. The Hall–Kier alpha value is -1.05.